The van der Waals surface area contributed by atoms with Gasteiger partial charge in [-0.3, -0.25) is 0 Å². The molecular weight excluding hydrogens is 136 g/mol. The van der Waals surface area contributed by atoms with Gasteiger partial charge in [0.15, 0.2) is 0 Å². The molecule has 0 saturated heterocycles. The summed E-state index contributed by atoms with van der Waals surface area (Å²) in [7, 11) is 0. The minimum Gasteiger partial charge on any atom is -0.395 e. The summed E-state index contributed by atoms with van der Waals surface area (Å²) in [4.78, 5) is 0. The molecule has 2 saturated carbocycles. The van der Waals surface area contributed by atoms with Gasteiger partial charge in [-0.1, -0.05) is 26.0 Å². The Morgan fingerprint density at radius 3 is 2.55 bits per heavy atom. The van der Waals surface area contributed by atoms with Gasteiger partial charge in [0.05, 0.1) is 6.61 Å². The highest BCUT2D eigenvalue weighted by Crippen LogP contribution is 2.77. The van der Waals surface area contributed by atoms with Crippen molar-refractivity contribution in [2.24, 2.45) is 16.7 Å². The van der Waals surface area contributed by atoms with E-state index in [1.165, 1.54) is 12.0 Å². The maximum atomic E-state index is 9.31. The molecule has 2 aliphatic carbocycles. The molecule has 0 spiro atoms. The van der Waals surface area contributed by atoms with Crippen LogP contribution < -0.4 is 0 Å². The maximum Gasteiger partial charge on any atom is 0.0532 e. The van der Waals surface area contributed by atoms with Crippen LogP contribution in [0.15, 0.2) is 12.2 Å². The molecule has 0 heterocycles. The number of aliphatic hydroxyl groups excluding tert-OH is 1. The zero-order chi connectivity index (χ0) is 8.28. The first-order chi connectivity index (χ1) is 5.07. The van der Waals surface area contributed by atoms with Crippen LogP contribution >= 0.6 is 0 Å². The molecule has 2 unspecified atom stereocenters. The third kappa shape index (κ3) is 0.538. The van der Waals surface area contributed by atoms with Crippen LogP contribution in [0.2, 0.25) is 0 Å². The number of aliphatic hydroxyl groups is 1. The average molecular weight is 152 g/mol. The van der Waals surface area contributed by atoms with Crippen molar-refractivity contribution in [1.29, 1.82) is 0 Å². The lowest BCUT2D eigenvalue weighted by Gasteiger charge is -2.18. The SMILES string of the molecule is C=C1CCC2C(C)(C)C12CO. The minimum atomic E-state index is 0.118. The van der Waals surface area contributed by atoms with Crippen molar-refractivity contribution >= 4 is 0 Å². The van der Waals surface area contributed by atoms with Crippen molar-refractivity contribution in [3.8, 4) is 0 Å². The Morgan fingerprint density at radius 1 is 1.64 bits per heavy atom. The molecule has 1 nitrogen and oxygen atoms in total. The summed E-state index contributed by atoms with van der Waals surface area (Å²) in [6.45, 7) is 8.86. The van der Waals surface area contributed by atoms with Crippen LogP contribution in [0, 0.1) is 16.7 Å². The van der Waals surface area contributed by atoms with Gasteiger partial charge in [-0.25, -0.2) is 0 Å². The topological polar surface area (TPSA) is 20.2 Å². The third-order valence-electron chi connectivity index (χ3n) is 4.15. The second kappa shape index (κ2) is 1.71. The number of rotatable bonds is 1. The number of hydrogen-bond acceptors (Lipinski definition) is 1. The molecule has 0 amide bonds. The smallest absolute Gasteiger partial charge is 0.0532 e. The first kappa shape index (κ1) is 7.35. The summed E-state index contributed by atoms with van der Waals surface area (Å²) < 4.78 is 0. The Morgan fingerprint density at radius 2 is 2.27 bits per heavy atom. The van der Waals surface area contributed by atoms with Crippen LogP contribution in [-0.2, 0) is 0 Å². The normalized spacial score (nSPS) is 45.7. The summed E-state index contributed by atoms with van der Waals surface area (Å²) in [5.74, 6) is 0.715. The monoisotopic (exact) mass is 152 g/mol. The van der Waals surface area contributed by atoms with Crippen LogP contribution in [0.3, 0.4) is 0 Å². The van der Waals surface area contributed by atoms with Crippen molar-refractivity contribution in [2.75, 3.05) is 6.61 Å². The molecule has 0 aromatic heterocycles. The molecule has 0 aromatic rings. The van der Waals surface area contributed by atoms with E-state index < -0.39 is 0 Å². The zero-order valence-corrected chi connectivity index (χ0v) is 7.35. The van der Waals surface area contributed by atoms with Gasteiger partial charge < -0.3 is 5.11 Å². The van der Waals surface area contributed by atoms with E-state index in [-0.39, 0.29) is 5.41 Å². The molecule has 1 N–H and O–H groups in total. The van der Waals surface area contributed by atoms with Crippen molar-refractivity contribution in [1.82, 2.24) is 0 Å². The van der Waals surface area contributed by atoms with E-state index in [1.807, 2.05) is 0 Å². The van der Waals surface area contributed by atoms with E-state index in [4.69, 9.17) is 0 Å². The lowest BCUT2D eigenvalue weighted by molar-refractivity contribution is 0.206. The van der Waals surface area contributed by atoms with E-state index in [0.717, 1.165) is 6.42 Å². The van der Waals surface area contributed by atoms with Crippen molar-refractivity contribution < 1.29 is 5.11 Å². The molecule has 62 valence electrons. The van der Waals surface area contributed by atoms with Crippen LogP contribution in [0.25, 0.3) is 0 Å². The van der Waals surface area contributed by atoms with Crippen LogP contribution in [-0.4, -0.2) is 11.7 Å². The highest BCUT2D eigenvalue weighted by atomic mass is 16.3. The molecule has 2 fully saturated rings. The predicted octanol–water partition coefficient (Wildman–Crippen LogP) is 1.97. The molecule has 0 radical (unpaired) electrons. The predicted molar refractivity (Wildman–Crippen MR) is 45.2 cm³/mol. The molecule has 2 aliphatic rings. The fourth-order valence-electron chi connectivity index (χ4n) is 3.24. The summed E-state index contributed by atoms with van der Waals surface area (Å²) in [6.07, 6.45) is 2.38. The average Bonchev–Trinajstić information content (AvgIpc) is 2.28. The Bertz CT molecular complexity index is 217. The third-order valence-corrected chi connectivity index (χ3v) is 4.15. The van der Waals surface area contributed by atoms with Gasteiger partial charge in [0.1, 0.15) is 0 Å². The molecule has 0 aliphatic heterocycles. The van der Waals surface area contributed by atoms with Crippen LogP contribution in [0.5, 0.6) is 0 Å². The summed E-state index contributed by atoms with van der Waals surface area (Å²) in [5.41, 5.74) is 1.74. The van der Waals surface area contributed by atoms with E-state index in [2.05, 4.69) is 20.4 Å². The van der Waals surface area contributed by atoms with Gasteiger partial charge in [-0.2, -0.15) is 0 Å². The fourth-order valence-corrected chi connectivity index (χ4v) is 3.24. The second-order valence-electron chi connectivity index (χ2n) is 4.55. The number of hydrogen-bond donors (Lipinski definition) is 1. The maximum absolute atomic E-state index is 9.31. The first-order valence-electron chi connectivity index (χ1n) is 4.36. The van der Waals surface area contributed by atoms with Crippen molar-refractivity contribution in [3.63, 3.8) is 0 Å². The zero-order valence-electron chi connectivity index (χ0n) is 7.35. The van der Waals surface area contributed by atoms with Gasteiger partial charge in [0, 0.05) is 5.41 Å². The van der Waals surface area contributed by atoms with Gasteiger partial charge >= 0.3 is 0 Å². The highest BCUT2D eigenvalue weighted by molar-refractivity contribution is 5.36. The highest BCUT2D eigenvalue weighted by Gasteiger charge is 2.73. The van der Waals surface area contributed by atoms with E-state index in [9.17, 15) is 5.11 Å². The lowest BCUT2D eigenvalue weighted by atomic mass is 9.88. The van der Waals surface area contributed by atoms with Crippen molar-refractivity contribution in [3.05, 3.63) is 12.2 Å². The van der Waals surface area contributed by atoms with Crippen LogP contribution in [0.1, 0.15) is 26.7 Å². The van der Waals surface area contributed by atoms with Gasteiger partial charge in [-0.15, -0.1) is 0 Å². The molecular formula is C10H16O. The largest absolute Gasteiger partial charge is 0.395 e. The quantitative estimate of drug-likeness (QED) is 0.569. The van der Waals surface area contributed by atoms with E-state index in [0.29, 0.717) is 17.9 Å². The minimum absolute atomic E-state index is 0.118. The molecule has 1 heteroatoms. The Balaban J connectivity index is 2.36. The fraction of sp³-hybridized carbons (Fsp3) is 0.800. The van der Waals surface area contributed by atoms with Crippen molar-refractivity contribution in [2.45, 2.75) is 26.7 Å². The van der Waals surface area contributed by atoms with Gasteiger partial charge in [-0.05, 0) is 24.2 Å². The van der Waals surface area contributed by atoms with E-state index >= 15 is 0 Å². The second-order valence-corrected chi connectivity index (χ2v) is 4.55. The number of fused-ring (bicyclic) bond motifs is 1. The first-order valence-corrected chi connectivity index (χ1v) is 4.36. The van der Waals surface area contributed by atoms with Gasteiger partial charge in [0.25, 0.3) is 0 Å². The van der Waals surface area contributed by atoms with Gasteiger partial charge in [0.2, 0.25) is 0 Å². The summed E-state index contributed by atoms with van der Waals surface area (Å²) in [5, 5.41) is 9.31. The Kier molecular flexibility index (Phi) is 1.15. The Labute approximate surface area is 68.1 Å². The lowest BCUT2D eigenvalue weighted by Crippen LogP contribution is -2.15. The van der Waals surface area contributed by atoms with Crippen LogP contribution in [0.4, 0.5) is 0 Å². The Hall–Kier alpha value is -0.300. The standard InChI is InChI=1S/C10H16O/c1-7-4-5-8-9(2,3)10(7,8)6-11/h8,11H,1,4-6H2,2-3H3. The summed E-state index contributed by atoms with van der Waals surface area (Å²) in [6, 6.07) is 0. The molecule has 11 heavy (non-hydrogen) atoms. The summed E-state index contributed by atoms with van der Waals surface area (Å²) >= 11 is 0. The molecule has 0 aromatic carbocycles. The van der Waals surface area contributed by atoms with E-state index in [1.54, 1.807) is 0 Å². The molecule has 0 bridgehead atoms. The molecule has 2 rings (SSSR count). The molecule has 2 atom stereocenters.